The highest BCUT2D eigenvalue weighted by atomic mass is 16.5. The van der Waals surface area contributed by atoms with Crippen molar-refractivity contribution in [3.63, 3.8) is 0 Å². The van der Waals surface area contributed by atoms with Crippen molar-refractivity contribution in [1.29, 1.82) is 0 Å². The van der Waals surface area contributed by atoms with Crippen LogP contribution in [0.15, 0.2) is 72.9 Å². The van der Waals surface area contributed by atoms with Gasteiger partial charge < -0.3 is 9.84 Å². The van der Waals surface area contributed by atoms with Crippen LogP contribution in [0.5, 0.6) is 5.88 Å². The number of rotatable bonds is 5. The SMILES string of the molecule is Cc1cccnc1OCc1ccccc1.O=C(O)c1cccc(C2=CCCC2)n1. The average Bonchev–Trinajstić information content (AvgIpc) is 3.30. The number of carboxylic acids is 1. The highest BCUT2D eigenvalue weighted by molar-refractivity contribution is 5.85. The molecular formula is C24H24N2O3. The van der Waals surface area contributed by atoms with E-state index in [1.807, 2.05) is 55.5 Å². The Morgan fingerprint density at radius 3 is 2.59 bits per heavy atom. The molecule has 0 atom stereocenters. The maximum absolute atomic E-state index is 10.7. The van der Waals surface area contributed by atoms with Crippen LogP contribution in [0.25, 0.3) is 5.57 Å². The third-order valence-corrected chi connectivity index (χ3v) is 4.52. The van der Waals surface area contributed by atoms with Crippen molar-refractivity contribution < 1.29 is 14.6 Å². The van der Waals surface area contributed by atoms with Gasteiger partial charge in [-0.3, -0.25) is 0 Å². The molecule has 4 rings (SSSR count). The van der Waals surface area contributed by atoms with Gasteiger partial charge in [0.15, 0.2) is 0 Å². The van der Waals surface area contributed by atoms with E-state index in [0.29, 0.717) is 12.5 Å². The Labute approximate surface area is 170 Å². The van der Waals surface area contributed by atoms with Crippen LogP contribution in [0.1, 0.15) is 46.6 Å². The van der Waals surface area contributed by atoms with Crippen molar-refractivity contribution in [1.82, 2.24) is 9.97 Å². The Hall–Kier alpha value is -3.47. The van der Waals surface area contributed by atoms with Gasteiger partial charge in [0.05, 0.1) is 5.69 Å². The number of nitrogens with zero attached hydrogens (tertiary/aromatic N) is 2. The summed E-state index contributed by atoms with van der Waals surface area (Å²) in [5.74, 6) is -0.258. The van der Waals surface area contributed by atoms with Crippen molar-refractivity contribution >= 4 is 11.5 Å². The summed E-state index contributed by atoms with van der Waals surface area (Å²) in [6, 6.07) is 19.1. The molecule has 0 fully saturated rings. The van der Waals surface area contributed by atoms with Gasteiger partial charge >= 0.3 is 5.97 Å². The molecule has 1 aromatic carbocycles. The molecule has 29 heavy (non-hydrogen) atoms. The summed E-state index contributed by atoms with van der Waals surface area (Å²) in [4.78, 5) is 18.9. The molecule has 5 nitrogen and oxygen atoms in total. The molecule has 1 aliphatic carbocycles. The molecule has 2 aromatic heterocycles. The second kappa shape index (κ2) is 10.2. The predicted molar refractivity (Wildman–Crippen MR) is 113 cm³/mol. The monoisotopic (exact) mass is 388 g/mol. The smallest absolute Gasteiger partial charge is 0.354 e. The van der Waals surface area contributed by atoms with Crippen molar-refractivity contribution in [3.05, 3.63) is 95.5 Å². The standard InChI is InChI=1S/C13H13NO.C11H11NO2/c1-11-6-5-9-14-13(11)15-10-12-7-3-2-4-8-12;13-11(14)10-7-3-6-9(12-10)8-4-1-2-5-8/h2-9H,10H2,1H3;3-4,6-7H,1-2,5H2,(H,13,14). The third kappa shape index (κ3) is 6.01. The summed E-state index contributed by atoms with van der Waals surface area (Å²) in [6.07, 6.45) is 7.11. The van der Waals surface area contributed by atoms with Crippen LogP contribution in [-0.2, 0) is 6.61 Å². The minimum absolute atomic E-state index is 0.121. The van der Waals surface area contributed by atoms with Crippen molar-refractivity contribution in [3.8, 4) is 5.88 Å². The molecule has 3 aromatic rings. The van der Waals surface area contributed by atoms with Crippen LogP contribution in [-0.4, -0.2) is 21.0 Å². The highest BCUT2D eigenvalue weighted by Crippen LogP contribution is 2.26. The molecular weight excluding hydrogens is 364 g/mol. The van der Waals surface area contributed by atoms with Gasteiger partial charge in [0.1, 0.15) is 12.3 Å². The number of aromatic nitrogens is 2. The van der Waals surface area contributed by atoms with E-state index in [1.54, 1.807) is 12.3 Å². The molecule has 2 heterocycles. The van der Waals surface area contributed by atoms with Gasteiger partial charge in [-0.05, 0) is 55.5 Å². The molecule has 0 bridgehead atoms. The Morgan fingerprint density at radius 1 is 1.07 bits per heavy atom. The first kappa shape index (κ1) is 20.3. The zero-order valence-corrected chi connectivity index (χ0v) is 16.4. The number of aryl methyl sites for hydroxylation is 1. The fraction of sp³-hybridized carbons (Fsp3) is 0.208. The van der Waals surface area contributed by atoms with Gasteiger partial charge in [-0.15, -0.1) is 0 Å². The van der Waals surface area contributed by atoms with Crippen LogP contribution < -0.4 is 4.74 Å². The van der Waals surface area contributed by atoms with Crippen molar-refractivity contribution in [2.24, 2.45) is 0 Å². The summed E-state index contributed by atoms with van der Waals surface area (Å²) < 4.78 is 5.61. The molecule has 148 valence electrons. The number of ether oxygens (including phenoxy) is 1. The van der Waals surface area contributed by atoms with E-state index in [-0.39, 0.29) is 5.69 Å². The lowest BCUT2D eigenvalue weighted by Crippen LogP contribution is -2.01. The Bertz CT molecular complexity index is 984. The molecule has 0 spiro atoms. The molecule has 0 saturated heterocycles. The normalized spacial score (nSPS) is 12.5. The second-order valence-corrected chi connectivity index (χ2v) is 6.73. The Morgan fingerprint density at radius 2 is 1.90 bits per heavy atom. The molecule has 0 unspecified atom stereocenters. The average molecular weight is 388 g/mol. The number of carbonyl (C=O) groups is 1. The van der Waals surface area contributed by atoms with Gasteiger partial charge in [-0.2, -0.15) is 0 Å². The first-order valence-corrected chi connectivity index (χ1v) is 9.61. The lowest BCUT2D eigenvalue weighted by atomic mass is 10.1. The zero-order chi connectivity index (χ0) is 20.5. The molecule has 1 aliphatic rings. The number of allylic oxidation sites excluding steroid dienone is 2. The first-order chi connectivity index (χ1) is 14.1. The number of benzene rings is 1. The van der Waals surface area contributed by atoms with Crippen molar-refractivity contribution in [2.45, 2.75) is 32.8 Å². The summed E-state index contributed by atoms with van der Waals surface area (Å²) in [7, 11) is 0. The van der Waals surface area contributed by atoms with Gasteiger partial charge in [0, 0.05) is 11.8 Å². The first-order valence-electron chi connectivity index (χ1n) is 9.61. The van der Waals surface area contributed by atoms with Crippen LogP contribution in [0.4, 0.5) is 0 Å². The van der Waals surface area contributed by atoms with E-state index in [0.717, 1.165) is 36.1 Å². The second-order valence-electron chi connectivity index (χ2n) is 6.73. The molecule has 0 aliphatic heterocycles. The molecule has 0 saturated carbocycles. The summed E-state index contributed by atoms with van der Waals surface area (Å²) in [5.41, 5.74) is 4.32. The molecule has 5 heteroatoms. The molecule has 0 radical (unpaired) electrons. The van der Waals surface area contributed by atoms with Gasteiger partial charge in [0.2, 0.25) is 5.88 Å². The maximum atomic E-state index is 10.7. The molecule has 0 amide bonds. The van der Waals surface area contributed by atoms with E-state index >= 15 is 0 Å². The zero-order valence-electron chi connectivity index (χ0n) is 16.4. The number of hydrogen-bond donors (Lipinski definition) is 1. The number of hydrogen-bond acceptors (Lipinski definition) is 4. The van der Waals surface area contributed by atoms with Gasteiger partial charge in [0.25, 0.3) is 0 Å². The number of pyridine rings is 2. The number of aromatic carboxylic acids is 1. The van der Waals surface area contributed by atoms with Crippen LogP contribution >= 0.6 is 0 Å². The Balaban J connectivity index is 0.000000166. The minimum Gasteiger partial charge on any atom is -0.477 e. The predicted octanol–water partition coefficient (Wildman–Crippen LogP) is 5.32. The van der Waals surface area contributed by atoms with Crippen LogP contribution in [0.2, 0.25) is 0 Å². The lowest BCUT2D eigenvalue weighted by Gasteiger charge is -2.06. The highest BCUT2D eigenvalue weighted by Gasteiger charge is 2.11. The largest absolute Gasteiger partial charge is 0.477 e. The Kier molecular flexibility index (Phi) is 7.11. The van der Waals surface area contributed by atoms with E-state index in [1.165, 1.54) is 11.6 Å². The fourth-order valence-corrected chi connectivity index (χ4v) is 2.98. The molecule has 1 N–H and O–H groups in total. The van der Waals surface area contributed by atoms with Gasteiger partial charge in [-0.25, -0.2) is 14.8 Å². The quantitative estimate of drug-likeness (QED) is 0.641. The summed E-state index contributed by atoms with van der Waals surface area (Å²) >= 11 is 0. The summed E-state index contributed by atoms with van der Waals surface area (Å²) in [6.45, 7) is 2.56. The fourth-order valence-electron chi connectivity index (χ4n) is 2.98. The van der Waals surface area contributed by atoms with Crippen molar-refractivity contribution in [2.75, 3.05) is 0 Å². The third-order valence-electron chi connectivity index (χ3n) is 4.52. The summed E-state index contributed by atoms with van der Waals surface area (Å²) in [5, 5.41) is 8.77. The lowest BCUT2D eigenvalue weighted by molar-refractivity contribution is 0.0690. The van der Waals surface area contributed by atoms with Crippen LogP contribution in [0, 0.1) is 6.92 Å². The van der Waals surface area contributed by atoms with E-state index < -0.39 is 5.97 Å². The van der Waals surface area contributed by atoms with Crippen LogP contribution in [0.3, 0.4) is 0 Å². The topological polar surface area (TPSA) is 72.3 Å². The number of carboxylic acid groups (broad SMARTS) is 1. The minimum atomic E-state index is -0.967. The van der Waals surface area contributed by atoms with E-state index in [9.17, 15) is 4.79 Å². The maximum Gasteiger partial charge on any atom is 0.354 e. The van der Waals surface area contributed by atoms with E-state index in [2.05, 4.69) is 16.0 Å². The van der Waals surface area contributed by atoms with Gasteiger partial charge in [-0.1, -0.05) is 48.5 Å². The van der Waals surface area contributed by atoms with E-state index in [4.69, 9.17) is 9.84 Å².